The lowest BCUT2D eigenvalue weighted by molar-refractivity contribution is 0.778. The highest BCUT2D eigenvalue weighted by molar-refractivity contribution is 6.19. The maximum absolute atomic E-state index is 5.98. The first kappa shape index (κ1) is 12.1. The third-order valence-electron chi connectivity index (χ3n) is 2.92. The number of fused-ring (bicyclic) bond motifs is 1. The van der Waals surface area contributed by atoms with E-state index in [1.807, 2.05) is 30.5 Å². The van der Waals surface area contributed by atoms with Crippen molar-refractivity contribution >= 4 is 28.6 Å². The smallest absolute Gasteiger partial charge is 0.0707 e. The Morgan fingerprint density at radius 2 is 2.06 bits per heavy atom. The number of rotatable bonds is 3. The lowest BCUT2D eigenvalue weighted by Gasteiger charge is -2.09. The predicted molar refractivity (Wildman–Crippen MR) is 75.3 cm³/mol. The molecule has 1 nitrogen and oxygen atoms in total. The van der Waals surface area contributed by atoms with Gasteiger partial charge in [0.05, 0.1) is 5.52 Å². The van der Waals surface area contributed by atoms with E-state index in [9.17, 15) is 0 Å². The highest BCUT2D eigenvalue weighted by atomic mass is 35.5. The van der Waals surface area contributed by atoms with E-state index in [-0.39, 0.29) is 0 Å². The van der Waals surface area contributed by atoms with E-state index < -0.39 is 0 Å². The number of allylic oxidation sites excluding steroid dienone is 1. The summed E-state index contributed by atoms with van der Waals surface area (Å²) in [5, 5.41) is 1.18. The second-order valence-electron chi connectivity index (χ2n) is 4.42. The van der Waals surface area contributed by atoms with Crippen molar-refractivity contribution in [2.75, 3.05) is 5.88 Å². The SMILES string of the molecule is CC(C)C(=Cc1ccnc2ccccc12)CCl. The molecule has 88 valence electrons. The molecule has 17 heavy (non-hydrogen) atoms. The number of hydrogen-bond donors (Lipinski definition) is 0. The zero-order valence-corrected chi connectivity index (χ0v) is 10.9. The minimum Gasteiger partial charge on any atom is -0.256 e. The standard InChI is InChI=1S/C15H16ClN/c1-11(2)13(10-16)9-12-7-8-17-15-6-4-3-5-14(12)15/h3-9,11H,10H2,1-2H3. The largest absolute Gasteiger partial charge is 0.256 e. The summed E-state index contributed by atoms with van der Waals surface area (Å²) in [5.74, 6) is 1.05. The van der Waals surface area contributed by atoms with Crippen LogP contribution in [-0.2, 0) is 0 Å². The van der Waals surface area contributed by atoms with Crippen LogP contribution < -0.4 is 0 Å². The van der Waals surface area contributed by atoms with Crippen LogP contribution >= 0.6 is 11.6 Å². The Hall–Kier alpha value is -1.34. The van der Waals surface area contributed by atoms with Gasteiger partial charge in [-0.25, -0.2) is 0 Å². The van der Waals surface area contributed by atoms with Gasteiger partial charge in [-0.2, -0.15) is 0 Å². The molecule has 0 aliphatic carbocycles. The van der Waals surface area contributed by atoms with Gasteiger partial charge in [0.25, 0.3) is 0 Å². The lowest BCUT2D eigenvalue weighted by atomic mass is 10.0. The van der Waals surface area contributed by atoms with E-state index in [0.717, 1.165) is 5.52 Å². The highest BCUT2D eigenvalue weighted by Crippen LogP contribution is 2.22. The number of halogens is 1. The Morgan fingerprint density at radius 3 is 2.76 bits per heavy atom. The molecule has 1 heterocycles. The van der Waals surface area contributed by atoms with E-state index >= 15 is 0 Å². The quantitative estimate of drug-likeness (QED) is 0.725. The molecule has 0 aliphatic rings. The number of hydrogen-bond acceptors (Lipinski definition) is 1. The third kappa shape index (κ3) is 2.67. The van der Waals surface area contributed by atoms with Gasteiger partial charge in [0, 0.05) is 17.5 Å². The minimum absolute atomic E-state index is 0.472. The average Bonchev–Trinajstić information content (AvgIpc) is 2.35. The Kier molecular flexibility index (Phi) is 3.80. The molecule has 0 spiro atoms. The molecule has 0 radical (unpaired) electrons. The summed E-state index contributed by atoms with van der Waals surface area (Å²) >= 11 is 5.98. The van der Waals surface area contributed by atoms with Crippen molar-refractivity contribution in [2.45, 2.75) is 13.8 Å². The molecule has 0 amide bonds. The fourth-order valence-electron chi connectivity index (χ4n) is 1.80. The summed E-state index contributed by atoms with van der Waals surface area (Å²) in [5.41, 5.74) is 3.47. The first-order chi connectivity index (χ1) is 8.22. The first-order valence-electron chi connectivity index (χ1n) is 5.82. The van der Waals surface area contributed by atoms with Crippen LogP contribution in [0.4, 0.5) is 0 Å². The van der Waals surface area contributed by atoms with Gasteiger partial charge < -0.3 is 0 Å². The summed E-state index contributed by atoms with van der Waals surface area (Å²) < 4.78 is 0. The summed E-state index contributed by atoms with van der Waals surface area (Å²) in [7, 11) is 0. The van der Waals surface area contributed by atoms with Gasteiger partial charge in [0.1, 0.15) is 0 Å². The van der Waals surface area contributed by atoms with Crippen molar-refractivity contribution in [2.24, 2.45) is 5.92 Å². The van der Waals surface area contributed by atoms with E-state index in [4.69, 9.17) is 11.6 Å². The fraction of sp³-hybridized carbons (Fsp3) is 0.267. The second kappa shape index (κ2) is 5.33. The predicted octanol–water partition coefficient (Wildman–Crippen LogP) is 4.51. The Bertz CT molecular complexity index is 538. The fourth-order valence-corrected chi connectivity index (χ4v) is 2.19. The summed E-state index contributed by atoms with van der Waals surface area (Å²) in [4.78, 5) is 4.36. The van der Waals surface area contributed by atoms with Gasteiger partial charge in [-0.15, -0.1) is 11.6 Å². The topological polar surface area (TPSA) is 12.9 Å². The van der Waals surface area contributed by atoms with Crippen molar-refractivity contribution in [1.82, 2.24) is 4.98 Å². The second-order valence-corrected chi connectivity index (χ2v) is 4.69. The number of nitrogens with zero attached hydrogens (tertiary/aromatic N) is 1. The van der Waals surface area contributed by atoms with Gasteiger partial charge >= 0.3 is 0 Å². The minimum atomic E-state index is 0.472. The van der Waals surface area contributed by atoms with Crippen LogP contribution in [0.25, 0.3) is 17.0 Å². The molecule has 0 bridgehead atoms. The zero-order valence-electron chi connectivity index (χ0n) is 10.2. The van der Waals surface area contributed by atoms with Crippen LogP contribution in [0, 0.1) is 5.92 Å². The molecule has 1 aromatic carbocycles. The maximum atomic E-state index is 5.98. The summed E-state index contributed by atoms with van der Waals surface area (Å²) in [6.07, 6.45) is 4.03. The van der Waals surface area contributed by atoms with Crippen molar-refractivity contribution in [3.8, 4) is 0 Å². The van der Waals surface area contributed by atoms with Gasteiger partial charge in [-0.05, 0) is 23.6 Å². The number of benzene rings is 1. The van der Waals surface area contributed by atoms with Gasteiger partial charge in [0.2, 0.25) is 0 Å². The molecule has 0 unspecified atom stereocenters. The molecule has 0 saturated heterocycles. The molecular weight excluding hydrogens is 230 g/mol. The molecule has 1 aromatic heterocycles. The molecular formula is C15H16ClN. The molecule has 2 aromatic rings. The maximum Gasteiger partial charge on any atom is 0.0707 e. The Morgan fingerprint density at radius 1 is 1.29 bits per heavy atom. The molecule has 2 heteroatoms. The Balaban J connectivity index is 2.56. The van der Waals surface area contributed by atoms with E-state index in [1.54, 1.807) is 0 Å². The molecule has 0 saturated carbocycles. The van der Waals surface area contributed by atoms with Crippen molar-refractivity contribution in [3.05, 3.63) is 47.7 Å². The molecule has 0 atom stereocenters. The first-order valence-corrected chi connectivity index (χ1v) is 6.36. The normalized spacial score (nSPS) is 12.4. The van der Waals surface area contributed by atoms with E-state index in [0.29, 0.717) is 11.8 Å². The Labute approximate surface area is 107 Å². The van der Waals surface area contributed by atoms with Crippen LogP contribution in [0.2, 0.25) is 0 Å². The third-order valence-corrected chi connectivity index (χ3v) is 3.23. The lowest BCUT2D eigenvalue weighted by Crippen LogP contribution is -1.95. The van der Waals surface area contributed by atoms with Crippen molar-refractivity contribution in [1.29, 1.82) is 0 Å². The summed E-state index contributed by atoms with van der Waals surface area (Å²) in [6, 6.07) is 10.2. The van der Waals surface area contributed by atoms with Gasteiger partial charge in [0.15, 0.2) is 0 Å². The number of para-hydroxylation sites is 1. The molecule has 0 N–H and O–H groups in total. The zero-order chi connectivity index (χ0) is 12.3. The van der Waals surface area contributed by atoms with Crippen molar-refractivity contribution in [3.63, 3.8) is 0 Å². The average molecular weight is 246 g/mol. The van der Waals surface area contributed by atoms with Gasteiger partial charge in [-0.1, -0.05) is 43.7 Å². The molecule has 0 fully saturated rings. The van der Waals surface area contributed by atoms with Crippen molar-refractivity contribution < 1.29 is 0 Å². The monoisotopic (exact) mass is 245 g/mol. The van der Waals surface area contributed by atoms with Gasteiger partial charge in [-0.3, -0.25) is 4.98 Å². The van der Waals surface area contributed by atoms with E-state index in [1.165, 1.54) is 16.5 Å². The molecule has 0 aliphatic heterocycles. The van der Waals surface area contributed by atoms with Crippen LogP contribution in [0.1, 0.15) is 19.4 Å². The van der Waals surface area contributed by atoms with Crippen LogP contribution in [0.15, 0.2) is 42.1 Å². The molecule has 2 rings (SSSR count). The van der Waals surface area contributed by atoms with Crippen LogP contribution in [-0.4, -0.2) is 10.9 Å². The van der Waals surface area contributed by atoms with Crippen LogP contribution in [0.5, 0.6) is 0 Å². The number of aromatic nitrogens is 1. The van der Waals surface area contributed by atoms with Crippen LogP contribution in [0.3, 0.4) is 0 Å². The number of alkyl halides is 1. The highest BCUT2D eigenvalue weighted by Gasteiger charge is 2.04. The summed E-state index contributed by atoms with van der Waals surface area (Å²) in [6.45, 7) is 4.33. The van der Waals surface area contributed by atoms with E-state index in [2.05, 4.69) is 31.0 Å². The number of pyridine rings is 1.